The van der Waals surface area contributed by atoms with Crippen LogP contribution in [0.25, 0.3) is 0 Å². The maximum atomic E-state index is 12.1. The van der Waals surface area contributed by atoms with E-state index in [0.29, 0.717) is 11.3 Å². The van der Waals surface area contributed by atoms with Crippen molar-refractivity contribution < 1.29 is 4.79 Å². The van der Waals surface area contributed by atoms with Gasteiger partial charge in [0.15, 0.2) is 0 Å². The van der Waals surface area contributed by atoms with Crippen molar-refractivity contribution in [2.45, 2.75) is 0 Å². The minimum Gasteiger partial charge on any atom is -0.398 e. The minimum absolute atomic E-state index is 0.0633. The van der Waals surface area contributed by atoms with Crippen molar-refractivity contribution >= 4 is 23.4 Å². The molecule has 1 fully saturated rings. The Morgan fingerprint density at radius 1 is 1.27 bits per heavy atom. The van der Waals surface area contributed by atoms with Gasteiger partial charge in [0.2, 0.25) is 0 Å². The van der Waals surface area contributed by atoms with Crippen LogP contribution in [0.15, 0.2) is 24.3 Å². The second-order valence-corrected chi connectivity index (χ2v) is 4.72. The van der Waals surface area contributed by atoms with Gasteiger partial charge < -0.3 is 10.6 Å². The Hall–Kier alpha value is -1.16. The third-order valence-corrected chi connectivity index (χ3v) is 3.43. The maximum Gasteiger partial charge on any atom is 0.255 e. The first kappa shape index (κ1) is 10.4. The summed E-state index contributed by atoms with van der Waals surface area (Å²) in [5.74, 6) is 2.12. The van der Waals surface area contributed by atoms with Gasteiger partial charge in [0.05, 0.1) is 5.56 Å². The predicted octanol–water partition coefficient (Wildman–Crippen LogP) is 1.46. The van der Waals surface area contributed by atoms with Gasteiger partial charge in [-0.3, -0.25) is 4.79 Å². The Kier molecular flexibility index (Phi) is 3.16. The number of rotatable bonds is 1. The summed E-state index contributed by atoms with van der Waals surface area (Å²) in [5.41, 5.74) is 6.97. The molecule has 4 heteroatoms. The standard InChI is InChI=1S/C11H14N2OS/c12-10-4-2-1-3-9(10)11(14)13-5-7-15-8-6-13/h1-4H,5-8,12H2. The van der Waals surface area contributed by atoms with Gasteiger partial charge in [0, 0.05) is 30.3 Å². The summed E-state index contributed by atoms with van der Waals surface area (Å²) in [6.07, 6.45) is 0. The molecule has 1 amide bonds. The monoisotopic (exact) mass is 222 g/mol. The molecule has 15 heavy (non-hydrogen) atoms. The lowest BCUT2D eigenvalue weighted by Crippen LogP contribution is -2.38. The van der Waals surface area contributed by atoms with E-state index >= 15 is 0 Å². The van der Waals surface area contributed by atoms with Gasteiger partial charge in [-0.05, 0) is 12.1 Å². The summed E-state index contributed by atoms with van der Waals surface area (Å²) in [4.78, 5) is 13.9. The number of carbonyl (C=O) groups is 1. The highest BCUT2D eigenvalue weighted by molar-refractivity contribution is 7.99. The Morgan fingerprint density at radius 3 is 2.60 bits per heavy atom. The summed E-state index contributed by atoms with van der Waals surface area (Å²) < 4.78 is 0. The molecule has 2 N–H and O–H groups in total. The van der Waals surface area contributed by atoms with E-state index in [4.69, 9.17) is 5.73 Å². The predicted molar refractivity (Wildman–Crippen MR) is 64.1 cm³/mol. The third kappa shape index (κ3) is 2.26. The fourth-order valence-electron chi connectivity index (χ4n) is 1.63. The van der Waals surface area contributed by atoms with E-state index in [-0.39, 0.29) is 5.91 Å². The highest BCUT2D eigenvalue weighted by Gasteiger charge is 2.19. The van der Waals surface area contributed by atoms with Crippen molar-refractivity contribution in [1.82, 2.24) is 4.90 Å². The van der Waals surface area contributed by atoms with Gasteiger partial charge in [-0.1, -0.05) is 12.1 Å². The zero-order chi connectivity index (χ0) is 10.7. The lowest BCUT2D eigenvalue weighted by Gasteiger charge is -2.26. The molecule has 0 aliphatic carbocycles. The molecule has 1 aliphatic heterocycles. The van der Waals surface area contributed by atoms with Gasteiger partial charge in [-0.2, -0.15) is 11.8 Å². The van der Waals surface area contributed by atoms with Crippen molar-refractivity contribution in [3.63, 3.8) is 0 Å². The Morgan fingerprint density at radius 2 is 1.93 bits per heavy atom. The van der Waals surface area contributed by atoms with Crippen LogP contribution in [-0.4, -0.2) is 35.4 Å². The second-order valence-electron chi connectivity index (χ2n) is 3.49. The molecule has 3 nitrogen and oxygen atoms in total. The molecule has 0 spiro atoms. The molecule has 0 atom stereocenters. The molecule has 0 saturated carbocycles. The van der Waals surface area contributed by atoms with Crippen molar-refractivity contribution in [3.8, 4) is 0 Å². The second kappa shape index (κ2) is 4.57. The largest absolute Gasteiger partial charge is 0.398 e. The van der Waals surface area contributed by atoms with E-state index in [2.05, 4.69) is 0 Å². The van der Waals surface area contributed by atoms with Crippen molar-refractivity contribution in [2.24, 2.45) is 0 Å². The van der Waals surface area contributed by atoms with Gasteiger partial charge >= 0.3 is 0 Å². The number of anilines is 1. The molecule has 2 rings (SSSR count). The molecule has 1 heterocycles. The van der Waals surface area contributed by atoms with Crippen molar-refractivity contribution in [3.05, 3.63) is 29.8 Å². The molecule has 0 aromatic heterocycles. The van der Waals surface area contributed by atoms with Crippen LogP contribution in [-0.2, 0) is 0 Å². The quantitative estimate of drug-likeness (QED) is 0.732. The van der Waals surface area contributed by atoms with Gasteiger partial charge in [0.25, 0.3) is 5.91 Å². The van der Waals surface area contributed by atoms with E-state index in [0.717, 1.165) is 24.6 Å². The van der Waals surface area contributed by atoms with Crippen LogP contribution in [0.1, 0.15) is 10.4 Å². The average molecular weight is 222 g/mol. The Bertz CT molecular complexity index is 361. The summed E-state index contributed by atoms with van der Waals surface area (Å²) in [7, 11) is 0. The van der Waals surface area contributed by atoms with Crippen LogP contribution in [0.5, 0.6) is 0 Å². The molecule has 1 saturated heterocycles. The average Bonchev–Trinajstić information content (AvgIpc) is 2.30. The fraction of sp³-hybridized carbons (Fsp3) is 0.364. The van der Waals surface area contributed by atoms with E-state index in [1.54, 1.807) is 12.1 Å². The summed E-state index contributed by atoms with van der Waals surface area (Å²) in [6.45, 7) is 1.66. The summed E-state index contributed by atoms with van der Waals surface area (Å²) in [5, 5.41) is 0. The number of nitrogens with two attached hydrogens (primary N) is 1. The number of nitrogens with zero attached hydrogens (tertiary/aromatic N) is 1. The molecule has 0 unspecified atom stereocenters. The van der Waals surface area contributed by atoms with Crippen LogP contribution >= 0.6 is 11.8 Å². The number of thioether (sulfide) groups is 1. The van der Waals surface area contributed by atoms with Crippen LogP contribution in [0.4, 0.5) is 5.69 Å². The topological polar surface area (TPSA) is 46.3 Å². The number of para-hydroxylation sites is 1. The van der Waals surface area contributed by atoms with Crippen molar-refractivity contribution in [2.75, 3.05) is 30.3 Å². The van der Waals surface area contributed by atoms with E-state index in [1.165, 1.54) is 0 Å². The summed E-state index contributed by atoms with van der Waals surface area (Å²) in [6, 6.07) is 7.26. The SMILES string of the molecule is Nc1ccccc1C(=O)N1CCSCC1. The minimum atomic E-state index is 0.0633. The molecule has 1 aromatic rings. The maximum absolute atomic E-state index is 12.1. The van der Waals surface area contributed by atoms with Gasteiger partial charge in [-0.25, -0.2) is 0 Å². The first-order valence-corrected chi connectivity index (χ1v) is 6.16. The zero-order valence-corrected chi connectivity index (χ0v) is 9.30. The number of carbonyl (C=O) groups excluding carboxylic acids is 1. The lowest BCUT2D eigenvalue weighted by molar-refractivity contribution is 0.0773. The third-order valence-electron chi connectivity index (χ3n) is 2.49. The number of hydrogen-bond acceptors (Lipinski definition) is 3. The molecule has 1 aliphatic rings. The van der Waals surface area contributed by atoms with E-state index in [9.17, 15) is 4.79 Å². The lowest BCUT2D eigenvalue weighted by atomic mass is 10.1. The highest BCUT2D eigenvalue weighted by Crippen LogP contribution is 2.16. The van der Waals surface area contributed by atoms with Crippen LogP contribution in [0.2, 0.25) is 0 Å². The van der Waals surface area contributed by atoms with Crippen LogP contribution < -0.4 is 5.73 Å². The Labute approximate surface area is 93.6 Å². The number of benzene rings is 1. The first-order chi connectivity index (χ1) is 7.29. The van der Waals surface area contributed by atoms with Crippen LogP contribution in [0, 0.1) is 0 Å². The smallest absolute Gasteiger partial charge is 0.255 e. The number of amides is 1. The number of nitrogen functional groups attached to an aromatic ring is 1. The molecular weight excluding hydrogens is 208 g/mol. The van der Waals surface area contributed by atoms with Crippen LogP contribution in [0.3, 0.4) is 0 Å². The van der Waals surface area contributed by atoms with E-state index < -0.39 is 0 Å². The van der Waals surface area contributed by atoms with Crippen molar-refractivity contribution in [1.29, 1.82) is 0 Å². The Balaban J connectivity index is 2.16. The molecule has 0 radical (unpaired) electrons. The zero-order valence-electron chi connectivity index (χ0n) is 8.48. The molecule has 1 aromatic carbocycles. The fourth-order valence-corrected chi connectivity index (χ4v) is 2.53. The highest BCUT2D eigenvalue weighted by atomic mass is 32.2. The molecule has 0 bridgehead atoms. The summed E-state index contributed by atoms with van der Waals surface area (Å²) >= 11 is 1.89. The first-order valence-electron chi connectivity index (χ1n) is 5.00. The van der Waals surface area contributed by atoms with E-state index in [1.807, 2.05) is 28.8 Å². The van der Waals surface area contributed by atoms with Gasteiger partial charge in [0.1, 0.15) is 0 Å². The normalized spacial score (nSPS) is 16.4. The molecular formula is C11H14N2OS. The molecule has 80 valence electrons. The number of hydrogen-bond donors (Lipinski definition) is 1. The van der Waals surface area contributed by atoms with Gasteiger partial charge in [-0.15, -0.1) is 0 Å².